The van der Waals surface area contributed by atoms with Gasteiger partial charge in [-0.05, 0) is 26.0 Å². The van der Waals surface area contributed by atoms with Gasteiger partial charge in [-0.15, -0.1) is 11.3 Å². The van der Waals surface area contributed by atoms with Crippen LogP contribution in [0, 0.1) is 0 Å². The molecule has 0 aliphatic carbocycles. The third-order valence-corrected chi connectivity index (χ3v) is 4.47. The third-order valence-electron chi connectivity index (χ3n) is 3.36. The smallest absolute Gasteiger partial charge is 0.263 e. The average molecular weight is 312 g/mol. The van der Waals surface area contributed by atoms with Crippen molar-refractivity contribution in [3.63, 3.8) is 0 Å². The zero-order chi connectivity index (χ0) is 15.1. The molecule has 1 aliphatic rings. The Bertz CT molecular complexity index is 458. The maximum atomic E-state index is 11.8. The molecule has 7 heteroatoms. The van der Waals surface area contributed by atoms with E-state index in [1.54, 1.807) is 0 Å². The van der Waals surface area contributed by atoms with E-state index >= 15 is 0 Å². The summed E-state index contributed by atoms with van der Waals surface area (Å²) in [5, 5.41) is 7.07. The van der Waals surface area contributed by atoms with Crippen LogP contribution in [-0.4, -0.2) is 56.7 Å². The van der Waals surface area contributed by atoms with Gasteiger partial charge in [-0.3, -0.25) is 9.69 Å². The van der Waals surface area contributed by atoms with Gasteiger partial charge in [-0.1, -0.05) is 0 Å². The fourth-order valence-corrected chi connectivity index (χ4v) is 3.17. The zero-order valence-corrected chi connectivity index (χ0v) is 13.3. The van der Waals surface area contributed by atoms with Crippen molar-refractivity contribution in [1.29, 1.82) is 0 Å². The second-order valence-corrected chi connectivity index (χ2v) is 6.04. The topological polar surface area (TPSA) is 79.6 Å². The number of ether oxygens (including phenoxy) is 1. The second-order valence-electron chi connectivity index (χ2n) is 4.99. The van der Waals surface area contributed by atoms with Gasteiger partial charge in [-0.2, -0.15) is 0 Å². The summed E-state index contributed by atoms with van der Waals surface area (Å²) in [7, 11) is 0. The zero-order valence-electron chi connectivity index (χ0n) is 12.5. The van der Waals surface area contributed by atoms with Gasteiger partial charge in [0.25, 0.3) is 5.91 Å². The van der Waals surface area contributed by atoms with E-state index in [9.17, 15) is 4.79 Å². The van der Waals surface area contributed by atoms with Crippen LogP contribution in [-0.2, 0) is 4.74 Å². The van der Waals surface area contributed by atoms with Gasteiger partial charge in [0, 0.05) is 26.2 Å². The van der Waals surface area contributed by atoms with Gasteiger partial charge in [0.2, 0.25) is 0 Å². The van der Waals surface area contributed by atoms with Crippen molar-refractivity contribution in [2.75, 3.05) is 57.0 Å². The number of nitrogens with two attached hydrogens (primary N) is 1. The highest BCUT2D eigenvalue weighted by atomic mass is 32.1. The number of nitrogens with one attached hydrogen (secondary N) is 2. The highest BCUT2D eigenvalue weighted by Gasteiger charge is 2.13. The lowest BCUT2D eigenvalue weighted by Crippen LogP contribution is -2.37. The first-order chi connectivity index (χ1) is 10.2. The largest absolute Gasteiger partial charge is 0.397 e. The van der Waals surface area contributed by atoms with E-state index < -0.39 is 0 Å². The van der Waals surface area contributed by atoms with Crippen molar-refractivity contribution >= 4 is 27.9 Å². The van der Waals surface area contributed by atoms with Crippen molar-refractivity contribution in [2.24, 2.45) is 0 Å². The van der Waals surface area contributed by atoms with E-state index in [1.807, 2.05) is 13.0 Å². The van der Waals surface area contributed by atoms with E-state index in [0.29, 0.717) is 17.1 Å². The third kappa shape index (κ3) is 4.87. The molecule has 0 aromatic carbocycles. The van der Waals surface area contributed by atoms with Crippen molar-refractivity contribution < 1.29 is 9.53 Å². The van der Waals surface area contributed by atoms with Crippen LogP contribution in [0.5, 0.6) is 0 Å². The van der Waals surface area contributed by atoms with Gasteiger partial charge in [-0.25, -0.2) is 0 Å². The minimum Gasteiger partial charge on any atom is -0.397 e. The first-order valence-corrected chi connectivity index (χ1v) is 8.24. The van der Waals surface area contributed by atoms with Gasteiger partial charge in [0.15, 0.2) is 0 Å². The van der Waals surface area contributed by atoms with E-state index in [-0.39, 0.29) is 5.91 Å². The SMILES string of the molecule is CCNC(=O)c1sc(NCCCN2CCOCC2)cc1N. The quantitative estimate of drug-likeness (QED) is 0.660. The number of anilines is 2. The highest BCUT2D eigenvalue weighted by Crippen LogP contribution is 2.28. The summed E-state index contributed by atoms with van der Waals surface area (Å²) >= 11 is 1.41. The lowest BCUT2D eigenvalue weighted by molar-refractivity contribution is 0.0378. The van der Waals surface area contributed by atoms with Crippen LogP contribution in [0.4, 0.5) is 10.7 Å². The monoisotopic (exact) mass is 312 g/mol. The molecule has 1 aromatic heterocycles. The molecular formula is C14H24N4O2S. The molecule has 2 rings (SSSR count). The summed E-state index contributed by atoms with van der Waals surface area (Å²) in [4.78, 5) is 14.8. The van der Waals surface area contributed by atoms with E-state index in [4.69, 9.17) is 10.5 Å². The van der Waals surface area contributed by atoms with Crippen LogP contribution in [0.15, 0.2) is 6.07 Å². The maximum Gasteiger partial charge on any atom is 0.263 e. The predicted octanol–water partition coefficient (Wildman–Crippen LogP) is 1.21. The number of carbonyl (C=O) groups excluding carboxylic acids is 1. The fraction of sp³-hybridized carbons (Fsp3) is 0.643. The van der Waals surface area contributed by atoms with Crippen molar-refractivity contribution in [3.8, 4) is 0 Å². The first-order valence-electron chi connectivity index (χ1n) is 7.42. The fourth-order valence-electron chi connectivity index (χ4n) is 2.25. The van der Waals surface area contributed by atoms with Crippen LogP contribution >= 0.6 is 11.3 Å². The molecule has 0 atom stereocenters. The Balaban J connectivity index is 1.73. The van der Waals surface area contributed by atoms with Gasteiger partial charge in [0.1, 0.15) is 4.88 Å². The molecule has 2 heterocycles. The molecule has 1 aliphatic heterocycles. The number of hydrogen-bond donors (Lipinski definition) is 3. The maximum absolute atomic E-state index is 11.8. The summed E-state index contributed by atoms with van der Waals surface area (Å²) in [6.45, 7) is 8.17. The lowest BCUT2D eigenvalue weighted by atomic mass is 10.3. The summed E-state index contributed by atoms with van der Waals surface area (Å²) < 4.78 is 5.33. The minimum atomic E-state index is -0.0960. The molecule has 21 heavy (non-hydrogen) atoms. The number of carbonyl (C=O) groups is 1. The summed E-state index contributed by atoms with van der Waals surface area (Å²) in [6, 6.07) is 1.84. The highest BCUT2D eigenvalue weighted by molar-refractivity contribution is 7.18. The number of hydrogen-bond acceptors (Lipinski definition) is 6. The number of nitrogen functional groups attached to an aromatic ring is 1. The van der Waals surface area contributed by atoms with Crippen molar-refractivity contribution in [3.05, 3.63) is 10.9 Å². The minimum absolute atomic E-state index is 0.0960. The molecule has 0 radical (unpaired) electrons. The molecule has 0 saturated carbocycles. The van der Waals surface area contributed by atoms with Gasteiger partial charge in [0.05, 0.1) is 23.9 Å². The standard InChI is InChI=1S/C14H24N4O2S/c1-2-16-14(19)13-11(15)10-12(21-13)17-4-3-5-18-6-8-20-9-7-18/h10,17H,2-9,15H2,1H3,(H,16,19). The summed E-state index contributed by atoms with van der Waals surface area (Å²) in [5.74, 6) is -0.0960. The molecule has 1 aromatic rings. The Morgan fingerprint density at radius 3 is 2.95 bits per heavy atom. The Kier molecular flexibility index (Phi) is 6.28. The Morgan fingerprint density at radius 1 is 1.48 bits per heavy atom. The number of rotatable bonds is 7. The second kappa shape index (κ2) is 8.21. The molecule has 118 valence electrons. The van der Waals surface area contributed by atoms with Crippen LogP contribution in [0.1, 0.15) is 23.0 Å². The van der Waals surface area contributed by atoms with Crippen LogP contribution in [0.2, 0.25) is 0 Å². The lowest BCUT2D eigenvalue weighted by Gasteiger charge is -2.26. The van der Waals surface area contributed by atoms with E-state index in [0.717, 1.165) is 50.8 Å². The number of nitrogens with zero attached hydrogens (tertiary/aromatic N) is 1. The average Bonchev–Trinajstić information content (AvgIpc) is 2.86. The molecule has 0 bridgehead atoms. The molecular weight excluding hydrogens is 288 g/mol. The number of amides is 1. The Morgan fingerprint density at radius 2 is 2.24 bits per heavy atom. The van der Waals surface area contributed by atoms with Gasteiger partial charge < -0.3 is 21.1 Å². The summed E-state index contributed by atoms with van der Waals surface area (Å²) in [6.07, 6.45) is 1.06. The van der Waals surface area contributed by atoms with Gasteiger partial charge >= 0.3 is 0 Å². The van der Waals surface area contributed by atoms with Crippen LogP contribution in [0.25, 0.3) is 0 Å². The summed E-state index contributed by atoms with van der Waals surface area (Å²) in [5.41, 5.74) is 6.42. The Hall–Kier alpha value is -1.31. The number of thiophene rings is 1. The normalized spacial score (nSPS) is 15.9. The van der Waals surface area contributed by atoms with E-state index in [1.165, 1.54) is 11.3 Å². The van der Waals surface area contributed by atoms with Crippen molar-refractivity contribution in [1.82, 2.24) is 10.2 Å². The molecule has 0 spiro atoms. The molecule has 6 nitrogen and oxygen atoms in total. The molecule has 1 amide bonds. The predicted molar refractivity (Wildman–Crippen MR) is 87.1 cm³/mol. The molecule has 1 fully saturated rings. The van der Waals surface area contributed by atoms with Crippen LogP contribution in [0.3, 0.4) is 0 Å². The molecule has 1 saturated heterocycles. The molecule has 0 unspecified atom stereocenters. The first kappa shape index (κ1) is 16.1. The number of morpholine rings is 1. The van der Waals surface area contributed by atoms with Crippen LogP contribution < -0.4 is 16.4 Å². The molecule has 4 N–H and O–H groups in total. The Labute approximate surface area is 129 Å². The van der Waals surface area contributed by atoms with Crippen molar-refractivity contribution in [2.45, 2.75) is 13.3 Å². The van der Waals surface area contributed by atoms with E-state index in [2.05, 4.69) is 15.5 Å².